The van der Waals surface area contributed by atoms with Gasteiger partial charge in [-0.05, 0) is 30.3 Å². The zero-order valence-corrected chi connectivity index (χ0v) is 21.6. The molecule has 0 fully saturated rings. The number of sulfone groups is 1. The molecule has 0 radical (unpaired) electrons. The molecule has 0 N–H and O–H groups in total. The number of aromatic nitrogens is 7. The first-order valence-electron chi connectivity index (χ1n) is 11.0. The van der Waals surface area contributed by atoms with Crippen molar-refractivity contribution in [1.29, 1.82) is 0 Å². The van der Waals surface area contributed by atoms with Crippen LogP contribution in [0.15, 0.2) is 76.0 Å². The molecule has 0 unspecified atom stereocenters. The molecule has 0 saturated carbocycles. The molecule has 0 amide bonds. The van der Waals surface area contributed by atoms with E-state index in [0.29, 0.717) is 45.4 Å². The number of rotatable bonds is 7. The summed E-state index contributed by atoms with van der Waals surface area (Å²) >= 11 is 6.48. The van der Waals surface area contributed by atoms with E-state index in [1.54, 1.807) is 53.2 Å². The number of methoxy groups -OCH3 is 1. The number of ether oxygens (including phenoxy) is 1. The fourth-order valence-electron chi connectivity index (χ4n) is 3.41. The molecule has 0 aliphatic heterocycles. The van der Waals surface area contributed by atoms with E-state index in [9.17, 15) is 8.42 Å². The van der Waals surface area contributed by atoms with Crippen molar-refractivity contribution in [2.24, 2.45) is 0 Å². The first-order chi connectivity index (χ1) is 18.3. The van der Waals surface area contributed by atoms with Crippen LogP contribution in [0.2, 0.25) is 5.02 Å². The van der Waals surface area contributed by atoms with Gasteiger partial charge in [0.25, 0.3) is 0 Å². The maximum atomic E-state index is 11.8. The topological polar surface area (TPSA) is 139 Å². The Labute approximate surface area is 222 Å². The summed E-state index contributed by atoms with van der Waals surface area (Å²) in [7, 11) is -1.88. The highest BCUT2D eigenvalue weighted by molar-refractivity contribution is 7.90. The van der Waals surface area contributed by atoms with Crippen LogP contribution >= 0.6 is 11.6 Å². The summed E-state index contributed by atoms with van der Waals surface area (Å²) in [5.41, 5.74) is 4.64. The maximum absolute atomic E-state index is 11.8. The van der Waals surface area contributed by atoms with Gasteiger partial charge >= 0.3 is 0 Å². The van der Waals surface area contributed by atoms with E-state index in [1.807, 2.05) is 6.07 Å². The zero-order valence-electron chi connectivity index (χ0n) is 20.0. The SMILES string of the molecule is COc1cc(-c2nnc(C=C=Cc3nnc(-c4ccc(S(C)(=O)=O)cn4)n3-c3ccccc3Cl)o2)ccn1. The van der Waals surface area contributed by atoms with Crippen LogP contribution in [0.3, 0.4) is 0 Å². The van der Waals surface area contributed by atoms with Crippen LogP contribution in [-0.4, -0.2) is 56.7 Å². The first kappa shape index (κ1) is 25.0. The number of pyridine rings is 2. The third-order valence-corrected chi connectivity index (χ3v) is 6.64. The van der Waals surface area contributed by atoms with Crippen molar-refractivity contribution >= 4 is 33.6 Å². The lowest BCUT2D eigenvalue weighted by Gasteiger charge is -2.10. The Kier molecular flexibility index (Phi) is 6.84. The van der Waals surface area contributed by atoms with E-state index in [1.165, 1.54) is 25.4 Å². The number of benzene rings is 1. The lowest BCUT2D eigenvalue weighted by Crippen LogP contribution is -2.03. The van der Waals surface area contributed by atoms with Crippen molar-refractivity contribution in [2.45, 2.75) is 4.90 Å². The Morgan fingerprint density at radius 3 is 2.61 bits per heavy atom. The van der Waals surface area contributed by atoms with Gasteiger partial charge in [-0.25, -0.2) is 13.4 Å². The molecule has 0 spiro atoms. The van der Waals surface area contributed by atoms with Crippen molar-refractivity contribution < 1.29 is 17.6 Å². The van der Waals surface area contributed by atoms with Crippen LogP contribution in [0.1, 0.15) is 11.7 Å². The van der Waals surface area contributed by atoms with E-state index in [2.05, 4.69) is 36.1 Å². The Hall–Kier alpha value is -4.64. The van der Waals surface area contributed by atoms with Crippen LogP contribution in [-0.2, 0) is 9.84 Å². The van der Waals surface area contributed by atoms with E-state index >= 15 is 0 Å². The highest BCUT2D eigenvalue weighted by Crippen LogP contribution is 2.28. The van der Waals surface area contributed by atoms with E-state index in [4.69, 9.17) is 20.8 Å². The van der Waals surface area contributed by atoms with Gasteiger partial charge in [0.15, 0.2) is 21.5 Å². The summed E-state index contributed by atoms with van der Waals surface area (Å²) in [4.78, 5) is 8.44. The largest absolute Gasteiger partial charge is 0.481 e. The Morgan fingerprint density at radius 2 is 1.87 bits per heavy atom. The van der Waals surface area contributed by atoms with Crippen LogP contribution in [0.25, 0.3) is 40.8 Å². The van der Waals surface area contributed by atoms with Crippen molar-refractivity contribution in [2.75, 3.05) is 13.4 Å². The van der Waals surface area contributed by atoms with Crippen LogP contribution < -0.4 is 4.74 Å². The standard InChI is InChI=1S/C25H18ClN7O4S/c1-36-23-14-16(12-13-27-23)25-32-30-22(37-25)9-5-8-21-29-31-24(33(21)20-7-4-3-6-18(20)26)19-11-10-17(15-28-19)38(2,34)35/h3-4,6-15H,1-2H3. The van der Waals surface area contributed by atoms with Gasteiger partial charge in [0.2, 0.25) is 17.7 Å². The second-order valence-electron chi connectivity index (χ2n) is 7.81. The van der Waals surface area contributed by atoms with Crippen LogP contribution in [0.4, 0.5) is 0 Å². The van der Waals surface area contributed by atoms with Gasteiger partial charge in [0, 0.05) is 42.4 Å². The Balaban J connectivity index is 1.52. The zero-order chi connectivity index (χ0) is 26.7. The molecule has 0 aliphatic carbocycles. The molecule has 4 heterocycles. The molecular formula is C25H18ClN7O4S. The van der Waals surface area contributed by atoms with E-state index in [-0.39, 0.29) is 10.8 Å². The number of halogens is 1. The molecule has 11 nitrogen and oxygen atoms in total. The molecule has 0 atom stereocenters. The molecule has 0 saturated heterocycles. The van der Waals surface area contributed by atoms with Gasteiger partial charge in [-0.1, -0.05) is 23.7 Å². The Bertz CT molecular complexity index is 1790. The van der Waals surface area contributed by atoms with Crippen LogP contribution in [0.5, 0.6) is 5.88 Å². The molecule has 190 valence electrons. The molecule has 13 heteroatoms. The van der Waals surface area contributed by atoms with Gasteiger partial charge in [-0.15, -0.1) is 26.1 Å². The smallest absolute Gasteiger partial charge is 0.248 e. The van der Waals surface area contributed by atoms with Crippen molar-refractivity contribution in [1.82, 2.24) is 34.9 Å². The average molecular weight is 548 g/mol. The summed E-state index contributed by atoms with van der Waals surface area (Å²) in [6.45, 7) is 0. The minimum atomic E-state index is -3.40. The average Bonchev–Trinajstić information content (AvgIpc) is 3.56. The first-order valence-corrected chi connectivity index (χ1v) is 13.2. The lowest BCUT2D eigenvalue weighted by atomic mass is 10.2. The van der Waals surface area contributed by atoms with Gasteiger partial charge in [-0.2, -0.15) is 0 Å². The number of hydrogen-bond donors (Lipinski definition) is 0. The molecule has 38 heavy (non-hydrogen) atoms. The second kappa shape index (κ2) is 10.4. The quantitative estimate of drug-likeness (QED) is 0.273. The third-order valence-electron chi connectivity index (χ3n) is 5.23. The minimum Gasteiger partial charge on any atom is -0.481 e. The third kappa shape index (κ3) is 5.23. The molecule has 0 bridgehead atoms. The van der Waals surface area contributed by atoms with Gasteiger partial charge < -0.3 is 9.15 Å². The van der Waals surface area contributed by atoms with E-state index in [0.717, 1.165) is 6.26 Å². The highest BCUT2D eigenvalue weighted by atomic mass is 35.5. The molecule has 1 aromatic carbocycles. The predicted octanol–water partition coefficient (Wildman–Crippen LogP) is 4.17. The highest BCUT2D eigenvalue weighted by Gasteiger charge is 2.18. The monoisotopic (exact) mass is 547 g/mol. The molecule has 5 aromatic rings. The van der Waals surface area contributed by atoms with Gasteiger partial charge in [0.1, 0.15) is 5.69 Å². The van der Waals surface area contributed by atoms with Crippen LogP contribution in [0, 0.1) is 0 Å². The maximum Gasteiger partial charge on any atom is 0.248 e. The predicted molar refractivity (Wildman–Crippen MR) is 139 cm³/mol. The molecular weight excluding hydrogens is 530 g/mol. The molecule has 4 aromatic heterocycles. The van der Waals surface area contributed by atoms with Crippen molar-refractivity contribution in [3.8, 4) is 34.5 Å². The minimum absolute atomic E-state index is 0.0947. The number of hydrogen-bond acceptors (Lipinski definition) is 10. The molecule has 0 aliphatic rings. The number of nitrogens with zero attached hydrogens (tertiary/aromatic N) is 7. The van der Waals surface area contributed by atoms with E-state index < -0.39 is 9.84 Å². The summed E-state index contributed by atoms with van der Waals surface area (Å²) in [6, 6.07) is 13.6. The lowest BCUT2D eigenvalue weighted by molar-refractivity contribution is 0.398. The van der Waals surface area contributed by atoms with Crippen molar-refractivity contribution in [3.63, 3.8) is 0 Å². The van der Waals surface area contributed by atoms with Crippen molar-refractivity contribution in [3.05, 3.63) is 83.4 Å². The fourth-order valence-corrected chi connectivity index (χ4v) is 4.19. The summed E-state index contributed by atoms with van der Waals surface area (Å²) in [6.07, 6.45) is 7.04. The summed E-state index contributed by atoms with van der Waals surface area (Å²) < 4.78 is 36.2. The normalized spacial score (nSPS) is 11.1. The molecule has 5 rings (SSSR count). The second-order valence-corrected chi connectivity index (χ2v) is 10.2. The summed E-state index contributed by atoms with van der Waals surface area (Å²) in [5, 5.41) is 17.0. The summed E-state index contributed by atoms with van der Waals surface area (Å²) in [5.74, 6) is 1.68. The number of para-hydroxylation sites is 1. The van der Waals surface area contributed by atoms with Gasteiger partial charge in [-0.3, -0.25) is 9.55 Å². The Morgan fingerprint density at radius 1 is 1.03 bits per heavy atom. The fraction of sp³-hybridized carbons (Fsp3) is 0.0800. The van der Waals surface area contributed by atoms with Gasteiger partial charge in [0.05, 0.1) is 22.7 Å².